The Morgan fingerprint density at radius 2 is 2.11 bits per heavy atom. The number of nitrogens with one attached hydrogen (secondary N) is 1. The van der Waals surface area contributed by atoms with Crippen molar-refractivity contribution in [2.24, 2.45) is 0 Å². The first kappa shape index (κ1) is 14.0. The quantitative estimate of drug-likeness (QED) is 0.851. The molecule has 0 unspecified atom stereocenters. The maximum atomic E-state index is 3.47. The van der Waals surface area contributed by atoms with Crippen LogP contribution in [0.15, 0.2) is 6.07 Å². The third kappa shape index (κ3) is 4.08. The summed E-state index contributed by atoms with van der Waals surface area (Å²) in [7, 11) is 2.22. The molecule has 1 aromatic rings. The molecule has 3 heteroatoms. The summed E-state index contributed by atoms with van der Waals surface area (Å²) >= 11 is 2.04. The first-order valence-corrected chi connectivity index (χ1v) is 7.99. The van der Waals surface area contributed by atoms with Gasteiger partial charge in [0.25, 0.3) is 0 Å². The smallest absolute Gasteiger partial charge is 0.0325 e. The lowest BCUT2D eigenvalue weighted by Crippen LogP contribution is -2.32. The minimum Gasteiger partial charge on any atom is -0.313 e. The van der Waals surface area contributed by atoms with Crippen molar-refractivity contribution >= 4 is 11.3 Å². The predicted octanol–water partition coefficient (Wildman–Crippen LogP) is 3.06. The number of aryl methyl sites for hydroxylation is 2. The van der Waals surface area contributed by atoms with Gasteiger partial charge in [-0.15, -0.1) is 11.3 Å². The van der Waals surface area contributed by atoms with Crippen LogP contribution >= 0.6 is 11.3 Å². The first-order chi connectivity index (χ1) is 8.65. The summed E-state index contributed by atoms with van der Waals surface area (Å²) in [5.74, 6) is 0. The molecule has 0 atom stereocenters. The van der Waals surface area contributed by atoms with Gasteiger partial charge in [0, 0.05) is 35.4 Å². The molecule has 0 amide bonds. The standard InChI is InChI=1S/C15H26N2S/c1-12(2)16-8-9-17(3)11-14-10-13-6-4-5-7-15(13)18-14/h10,12,16H,4-9,11H2,1-3H3. The van der Waals surface area contributed by atoms with Crippen LogP contribution in [0.1, 0.15) is 42.0 Å². The summed E-state index contributed by atoms with van der Waals surface area (Å²) in [6.07, 6.45) is 5.40. The molecular formula is C15H26N2S. The van der Waals surface area contributed by atoms with E-state index in [1.807, 2.05) is 11.3 Å². The van der Waals surface area contributed by atoms with Crippen molar-refractivity contribution in [3.05, 3.63) is 21.4 Å². The summed E-state index contributed by atoms with van der Waals surface area (Å²) in [4.78, 5) is 5.63. The third-order valence-electron chi connectivity index (χ3n) is 3.52. The van der Waals surface area contributed by atoms with E-state index in [0.717, 1.165) is 19.6 Å². The highest BCUT2D eigenvalue weighted by Gasteiger charge is 2.13. The monoisotopic (exact) mass is 266 g/mol. The van der Waals surface area contributed by atoms with Gasteiger partial charge in [-0.25, -0.2) is 0 Å². The van der Waals surface area contributed by atoms with Gasteiger partial charge in [0.1, 0.15) is 0 Å². The van der Waals surface area contributed by atoms with Crippen LogP contribution in [0.5, 0.6) is 0 Å². The molecule has 102 valence electrons. The Kier molecular flexibility index (Phi) is 5.22. The zero-order chi connectivity index (χ0) is 13.0. The highest BCUT2D eigenvalue weighted by molar-refractivity contribution is 7.12. The zero-order valence-electron chi connectivity index (χ0n) is 12.0. The van der Waals surface area contributed by atoms with Gasteiger partial charge < -0.3 is 10.2 Å². The van der Waals surface area contributed by atoms with Crippen molar-refractivity contribution in [1.29, 1.82) is 0 Å². The fourth-order valence-electron chi connectivity index (χ4n) is 2.52. The van der Waals surface area contributed by atoms with E-state index < -0.39 is 0 Å². The molecule has 0 saturated carbocycles. The molecule has 1 heterocycles. The second-order valence-electron chi connectivity index (χ2n) is 5.71. The Bertz CT molecular complexity index is 347. The van der Waals surface area contributed by atoms with E-state index in [9.17, 15) is 0 Å². The minimum atomic E-state index is 0.590. The van der Waals surface area contributed by atoms with Crippen LogP contribution in [0.4, 0.5) is 0 Å². The predicted molar refractivity (Wildman–Crippen MR) is 80.4 cm³/mol. The number of fused-ring (bicyclic) bond motifs is 1. The van der Waals surface area contributed by atoms with Crippen molar-refractivity contribution in [3.8, 4) is 0 Å². The fraction of sp³-hybridized carbons (Fsp3) is 0.733. The number of nitrogens with zero attached hydrogens (tertiary/aromatic N) is 1. The van der Waals surface area contributed by atoms with E-state index in [1.165, 1.54) is 25.7 Å². The number of likely N-dealkylation sites (N-methyl/N-ethyl adjacent to an activating group) is 1. The summed E-state index contributed by atoms with van der Waals surface area (Å²) in [6, 6.07) is 3.04. The van der Waals surface area contributed by atoms with Crippen molar-refractivity contribution in [2.45, 2.75) is 52.1 Å². The van der Waals surface area contributed by atoms with Crippen molar-refractivity contribution in [3.63, 3.8) is 0 Å². The lowest BCUT2D eigenvalue weighted by Gasteiger charge is -2.17. The zero-order valence-corrected chi connectivity index (χ0v) is 12.8. The van der Waals surface area contributed by atoms with Gasteiger partial charge in [0.05, 0.1) is 0 Å². The lowest BCUT2D eigenvalue weighted by molar-refractivity contribution is 0.322. The molecule has 1 aliphatic carbocycles. The van der Waals surface area contributed by atoms with Crippen LogP contribution in [0.2, 0.25) is 0 Å². The second-order valence-corrected chi connectivity index (χ2v) is 6.94. The van der Waals surface area contributed by atoms with Gasteiger partial charge >= 0.3 is 0 Å². The van der Waals surface area contributed by atoms with Crippen molar-refractivity contribution in [2.75, 3.05) is 20.1 Å². The van der Waals surface area contributed by atoms with E-state index in [2.05, 4.69) is 37.2 Å². The summed E-state index contributed by atoms with van der Waals surface area (Å²) in [5, 5.41) is 3.47. The Labute approximate surface area is 115 Å². The minimum absolute atomic E-state index is 0.590. The molecule has 0 spiro atoms. The van der Waals surface area contributed by atoms with E-state index >= 15 is 0 Å². The number of thiophene rings is 1. The SMILES string of the molecule is CC(C)NCCN(C)Cc1cc2c(s1)CCCC2. The topological polar surface area (TPSA) is 15.3 Å². The molecule has 0 aromatic carbocycles. The van der Waals surface area contributed by atoms with Crippen LogP contribution in [-0.2, 0) is 19.4 Å². The number of rotatable bonds is 6. The van der Waals surface area contributed by atoms with Gasteiger partial charge in [-0.2, -0.15) is 0 Å². The maximum absolute atomic E-state index is 3.47. The average molecular weight is 266 g/mol. The molecule has 2 nitrogen and oxygen atoms in total. The molecule has 18 heavy (non-hydrogen) atoms. The van der Waals surface area contributed by atoms with E-state index in [4.69, 9.17) is 0 Å². The van der Waals surface area contributed by atoms with Gasteiger partial charge in [0.15, 0.2) is 0 Å². The molecule has 2 rings (SSSR count). The van der Waals surface area contributed by atoms with Crippen LogP contribution in [-0.4, -0.2) is 31.1 Å². The Morgan fingerprint density at radius 1 is 1.33 bits per heavy atom. The average Bonchev–Trinajstić information content (AvgIpc) is 2.70. The Balaban J connectivity index is 1.79. The van der Waals surface area contributed by atoms with Crippen LogP contribution in [0.3, 0.4) is 0 Å². The summed E-state index contributed by atoms with van der Waals surface area (Å²) in [5.41, 5.74) is 1.63. The van der Waals surface area contributed by atoms with Crippen LogP contribution in [0, 0.1) is 0 Å². The molecule has 0 radical (unpaired) electrons. The molecule has 1 aromatic heterocycles. The van der Waals surface area contributed by atoms with E-state index in [0.29, 0.717) is 6.04 Å². The van der Waals surface area contributed by atoms with Crippen molar-refractivity contribution < 1.29 is 0 Å². The molecule has 0 saturated heterocycles. The van der Waals surface area contributed by atoms with Crippen molar-refractivity contribution in [1.82, 2.24) is 10.2 Å². The van der Waals surface area contributed by atoms with E-state index in [1.54, 1.807) is 15.3 Å². The largest absolute Gasteiger partial charge is 0.313 e. The van der Waals surface area contributed by atoms with Crippen LogP contribution < -0.4 is 5.32 Å². The van der Waals surface area contributed by atoms with Gasteiger partial charge in [-0.1, -0.05) is 13.8 Å². The Hall–Kier alpha value is -0.380. The highest BCUT2D eigenvalue weighted by Crippen LogP contribution is 2.30. The third-order valence-corrected chi connectivity index (χ3v) is 4.74. The van der Waals surface area contributed by atoms with Gasteiger partial charge in [0.2, 0.25) is 0 Å². The highest BCUT2D eigenvalue weighted by atomic mass is 32.1. The maximum Gasteiger partial charge on any atom is 0.0325 e. The van der Waals surface area contributed by atoms with Crippen LogP contribution in [0.25, 0.3) is 0 Å². The normalized spacial score (nSPS) is 15.4. The Morgan fingerprint density at radius 3 is 2.83 bits per heavy atom. The molecule has 1 aliphatic rings. The summed E-state index contributed by atoms with van der Waals surface area (Å²) in [6.45, 7) is 7.72. The van der Waals surface area contributed by atoms with E-state index in [-0.39, 0.29) is 0 Å². The van der Waals surface area contributed by atoms with Gasteiger partial charge in [-0.3, -0.25) is 0 Å². The molecular weight excluding hydrogens is 240 g/mol. The number of hydrogen-bond donors (Lipinski definition) is 1. The molecule has 0 fully saturated rings. The molecule has 0 bridgehead atoms. The number of hydrogen-bond acceptors (Lipinski definition) is 3. The molecule has 0 aliphatic heterocycles. The lowest BCUT2D eigenvalue weighted by atomic mass is 9.99. The first-order valence-electron chi connectivity index (χ1n) is 7.17. The fourth-order valence-corrected chi connectivity index (χ4v) is 3.86. The van der Waals surface area contributed by atoms with Gasteiger partial charge in [-0.05, 0) is 44.4 Å². The molecule has 1 N–H and O–H groups in total. The summed E-state index contributed by atoms with van der Waals surface area (Å²) < 4.78 is 0. The second kappa shape index (κ2) is 6.69.